The molecule has 0 saturated heterocycles. The Balaban J connectivity index is 2.36. The first kappa shape index (κ1) is 12.4. The Morgan fingerprint density at radius 1 is 1.62 bits per heavy atom. The highest BCUT2D eigenvalue weighted by Crippen LogP contribution is 2.14. The summed E-state index contributed by atoms with van der Waals surface area (Å²) in [5.41, 5.74) is 0.651. The first-order valence-electron chi connectivity index (χ1n) is 5.51. The molecule has 1 atom stereocenters. The van der Waals surface area contributed by atoms with Gasteiger partial charge in [-0.05, 0) is 19.8 Å². The molecule has 0 saturated carbocycles. The Labute approximate surface area is 95.9 Å². The number of hydrogen-bond donors (Lipinski definition) is 1. The van der Waals surface area contributed by atoms with Gasteiger partial charge in [0.25, 0.3) is 5.91 Å². The third-order valence-corrected chi connectivity index (χ3v) is 2.40. The third kappa shape index (κ3) is 3.85. The molecule has 0 fully saturated rings. The van der Waals surface area contributed by atoms with E-state index < -0.39 is 0 Å². The quantitative estimate of drug-likeness (QED) is 0.435. The minimum atomic E-state index is -0.0698. The third-order valence-electron chi connectivity index (χ3n) is 2.40. The van der Waals surface area contributed by atoms with E-state index >= 15 is 0 Å². The second kappa shape index (κ2) is 6.77. The maximum Gasteiger partial charge on any atom is 0.250 e. The standard InChI is InChI=1S/C13H17NO2/c1-2-3-4-9-14-13(16)12-7-5-11(10-15)6-8-12/h2-3,5,7-8,10-11H,4,6,9H2,1H3,(H,14,16)/b3-2+. The summed E-state index contributed by atoms with van der Waals surface area (Å²) in [6, 6.07) is 0. The van der Waals surface area contributed by atoms with Crippen molar-refractivity contribution in [2.75, 3.05) is 6.54 Å². The van der Waals surface area contributed by atoms with E-state index in [0.717, 1.165) is 12.7 Å². The summed E-state index contributed by atoms with van der Waals surface area (Å²) in [6.07, 6.45) is 11.6. The van der Waals surface area contributed by atoms with Crippen LogP contribution in [-0.4, -0.2) is 18.7 Å². The number of aldehydes is 1. The first-order valence-corrected chi connectivity index (χ1v) is 5.51. The second-order valence-corrected chi connectivity index (χ2v) is 3.67. The molecule has 0 aliphatic heterocycles. The van der Waals surface area contributed by atoms with Gasteiger partial charge in [-0.25, -0.2) is 0 Å². The van der Waals surface area contributed by atoms with Gasteiger partial charge in [0.1, 0.15) is 6.29 Å². The van der Waals surface area contributed by atoms with Crippen molar-refractivity contribution in [3.8, 4) is 0 Å². The number of hydrogen-bond acceptors (Lipinski definition) is 2. The van der Waals surface area contributed by atoms with Crippen LogP contribution < -0.4 is 5.32 Å². The average Bonchev–Trinajstić information content (AvgIpc) is 2.34. The van der Waals surface area contributed by atoms with Gasteiger partial charge in [0, 0.05) is 18.0 Å². The van der Waals surface area contributed by atoms with Crippen molar-refractivity contribution in [1.82, 2.24) is 5.32 Å². The summed E-state index contributed by atoms with van der Waals surface area (Å²) >= 11 is 0. The summed E-state index contributed by atoms with van der Waals surface area (Å²) in [5.74, 6) is -0.135. The zero-order valence-corrected chi connectivity index (χ0v) is 9.48. The van der Waals surface area contributed by atoms with Crippen LogP contribution in [0.2, 0.25) is 0 Å². The molecule has 1 aliphatic rings. The highest BCUT2D eigenvalue weighted by molar-refractivity contribution is 5.96. The van der Waals surface area contributed by atoms with Crippen molar-refractivity contribution >= 4 is 12.2 Å². The molecule has 16 heavy (non-hydrogen) atoms. The minimum Gasteiger partial charge on any atom is -0.352 e. The van der Waals surface area contributed by atoms with Crippen LogP contribution in [0.15, 0.2) is 36.0 Å². The monoisotopic (exact) mass is 219 g/mol. The molecule has 0 radical (unpaired) electrons. The number of carbonyl (C=O) groups is 2. The van der Waals surface area contributed by atoms with Crippen molar-refractivity contribution < 1.29 is 9.59 Å². The van der Waals surface area contributed by atoms with Crippen molar-refractivity contribution in [2.24, 2.45) is 5.92 Å². The van der Waals surface area contributed by atoms with Crippen LogP contribution in [0.3, 0.4) is 0 Å². The fraction of sp³-hybridized carbons (Fsp3) is 0.385. The van der Waals surface area contributed by atoms with Crippen molar-refractivity contribution in [3.05, 3.63) is 36.0 Å². The molecule has 0 heterocycles. The molecular weight excluding hydrogens is 202 g/mol. The van der Waals surface area contributed by atoms with Gasteiger partial charge in [-0.15, -0.1) is 0 Å². The van der Waals surface area contributed by atoms with E-state index in [2.05, 4.69) is 5.32 Å². The zero-order chi connectivity index (χ0) is 11.8. The minimum absolute atomic E-state index is 0.0647. The zero-order valence-electron chi connectivity index (χ0n) is 9.48. The van der Waals surface area contributed by atoms with Crippen LogP contribution in [0, 0.1) is 5.92 Å². The van der Waals surface area contributed by atoms with Gasteiger partial charge in [0.05, 0.1) is 0 Å². The Morgan fingerprint density at radius 3 is 3.00 bits per heavy atom. The van der Waals surface area contributed by atoms with E-state index in [1.54, 1.807) is 12.2 Å². The molecule has 0 bridgehead atoms. The van der Waals surface area contributed by atoms with E-state index in [1.807, 2.05) is 25.2 Å². The Morgan fingerprint density at radius 2 is 2.44 bits per heavy atom. The predicted molar refractivity (Wildman–Crippen MR) is 63.8 cm³/mol. The number of nitrogens with one attached hydrogen (secondary N) is 1. The molecule has 3 nitrogen and oxygen atoms in total. The fourth-order valence-corrected chi connectivity index (χ4v) is 1.44. The molecular formula is C13H17NO2. The summed E-state index contributed by atoms with van der Waals surface area (Å²) < 4.78 is 0. The molecule has 1 unspecified atom stereocenters. The van der Waals surface area contributed by atoms with Gasteiger partial charge in [-0.1, -0.05) is 30.4 Å². The lowest BCUT2D eigenvalue weighted by molar-refractivity contribution is -0.117. The van der Waals surface area contributed by atoms with Gasteiger partial charge in [0.2, 0.25) is 0 Å². The van der Waals surface area contributed by atoms with Crippen LogP contribution in [0.4, 0.5) is 0 Å². The molecule has 3 heteroatoms. The molecule has 1 amide bonds. The van der Waals surface area contributed by atoms with Gasteiger partial charge < -0.3 is 10.1 Å². The van der Waals surface area contributed by atoms with E-state index in [0.29, 0.717) is 18.5 Å². The smallest absolute Gasteiger partial charge is 0.250 e. The van der Waals surface area contributed by atoms with E-state index in [-0.39, 0.29) is 11.8 Å². The van der Waals surface area contributed by atoms with Crippen molar-refractivity contribution in [1.29, 1.82) is 0 Å². The Bertz CT molecular complexity index is 340. The molecule has 86 valence electrons. The van der Waals surface area contributed by atoms with Crippen LogP contribution in [0.25, 0.3) is 0 Å². The van der Waals surface area contributed by atoms with Gasteiger partial charge >= 0.3 is 0 Å². The lowest BCUT2D eigenvalue weighted by atomic mass is 9.98. The van der Waals surface area contributed by atoms with Crippen LogP contribution in [-0.2, 0) is 9.59 Å². The maximum atomic E-state index is 11.6. The molecule has 0 aromatic heterocycles. The summed E-state index contributed by atoms with van der Waals surface area (Å²) in [5, 5.41) is 2.82. The van der Waals surface area contributed by atoms with Gasteiger partial charge in [0.15, 0.2) is 0 Å². The van der Waals surface area contributed by atoms with E-state index in [1.165, 1.54) is 0 Å². The lowest BCUT2D eigenvalue weighted by Crippen LogP contribution is -2.26. The number of rotatable bonds is 5. The van der Waals surface area contributed by atoms with Crippen molar-refractivity contribution in [3.63, 3.8) is 0 Å². The van der Waals surface area contributed by atoms with Crippen LogP contribution >= 0.6 is 0 Å². The average molecular weight is 219 g/mol. The second-order valence-electron chi connectivity index (χ2n) is 3.67. The molecule has 0 aromatic carbocycles. The number of carbonyl (C=O) groups excluding carboxylic acids is 2. The lowest BCUT2D eigenvalue weighted by Gasteiger charge is -2.10. The van der Waals surface area contributed by atoms with E-state index in [9.17, 15) is 9.59 Å². The predicted octanol–water partition coefficient (Wildman–Crippen LogP) is 1.77. The van der Waals surface area contributed by atoms with Gasteiger partial charge in [-0.3, -0.25) is 4.79 Å². The largest absolute Gasteiger partial charge is 0.352 e. The number of amides is 1. The first-order chi connectivity index (χ1) is 7.77. The topological polar surface area (TPSA) is 46.2 Å². The molecule has 0 spiro atoms. The summed E-state index contributed by atoms with van der Waals surface area (Å²) in [4.78, 5) is 22.1. The highest BCUT2D eigenvalue weighted by Gasteiger charge is 2.11. The molecule has 1 aliphatic carbocycles. The SMILES string of the molecule is C/C=C/CCNC(=O)C1=CCC(C=O)C=C1. The Hall–Kier alpha value is -1.64. The number of allylic oxidation sites excluding steroid dienone is 3. The Kier molecular flexibility index (Phi) is 5.26. The maximum absolute atomic E-state index is 11.6. The fourth-order valence-electron chi connectivity index (χ4n) is 1.44. The van der Waals surface area contributed by atoms with Gasteiger partial charge in [-0.2, -0.15) is 0 Å². The highest BCUT2D eigenvalue weighted by atomic mass is 16.1. The summed E-state index contributed by atoms with van der Waals surface area (Å²) in [6.45, 7) is 2.60. The molecule has 1 N–H and O–H groups in total. The normalized spacial score (nSPS) is 19.6. The summed E-state index contributed by atoms with van der Waals surface area (Å²) in [7, 11) is 0. The molecule has 1 rings (SSSR count). The molecule has 0 aromatic rings. The van der Waals surface area contributed by atoms with Crippen LogP contribution in [0.5, 0.6) is 0 Å². The van der Waals surface area contributed by atoms with Crippen molar-refractivity contribution in [2.45, 2.75) is 19.8 Å². The van der Waals surface area contributed by atoms with Crippen LogP contribution in [0.1, 0.15) is 19.8 Å². The van der Waals surface area contributed by atoms with E-state index in [4.69, 9.17) is 0 Å².